The molecule has 2 heterocycles. The summed E-state index contributed by atoms with van der Waals surface area (Å²) in [6.45, 7) is 4.20. The van der Waals surface area contributed by atoms with Gasteiger partial charge in [-0.1, -0.05) is 29.3 Å². The number of piperazine rings is 1. The number of H-pyrrole nitrogens is 1. The highest BCUT2D eigenvalue weighted by Crippen LogP contribution is 2.21. The Labute approximate surface area is 171 Å². The van der Waals surface area contributed by atoms with Crippen molar-refractivity contribution >= 4 is 34.1 Å². The molecule has 0 aliphatic carbocycles. The van der Waals surface area contributed by atoms with Crippen LogP contribution in [-0.2, 0) is 13.1 Å². The van der Waals surface area contributed by atoms with E-state index in [1.165, 1.54) is 6.07 Å². The fraction of sp³-hybridized carbons (Fsp3) is 0.300. The second-order valence-electron chi connectivity index (χ2n) is 6.93. The minimum absolute atomic E-state index is 0.163. The van der Waals surface area contributed by atoms with Crippen molar-refractivity contribution in [3.8, 4) is 0 Å². The number of aromatic amines is 1. The first-order chi connectivity index (χ1) is 13.5. The molecule has 1 aromatic heterocycles. The van der Waals surface area contributed by atoms with Crippen LogP contribution in [0.25, 0.3) is 10.9 Å². The largest absolute Gasteiger partial charge is 0.309 e. The van der Waals surface area contributed by atoms with Crippen LogP contribution in [0.3, 0.4) is 0 Å². The van der Waals surface area contributed by atoms with Crippen LogP contribution in [0.1, 0.15) is 11.4 Å². The van der Waals surface area contributed by atoms with Crippen LogP contribution in [0.5, 0.6) is 0 Å². The molecule has 5 nitrogen and oxygen atoms in total. The van der Waals surface area contributed by atoms with Crippen LogP contribution < -0.4 is 5.56 Å². The van der Waals surface area contributed by atoms with E-state index in [0.717, 1.165) is 26.2 Å². The van der Waals surface area contributed by atoms with Crippen molar-refractivity contribution in [1.29, 1.82) is 0 Å². The predicted molar refractivity (Wildman–Crippen MR) is 109 cm³/mol. The Balaban J connectivity index is 1.41. The van der Waals surface area contributed by atoms with Crippen LogP contribution in [0, 0.1) is 5.82 Å². The number of rotatable bonds is 4. The number of fused-ring (bicyclic) bond motifs is 1. The van der Waals surface area contributed by atoms with Gasteiger partial charge in [-0.2, -0.15) is 0 Å². The van der Waals surface area contributed by atoms with E-state index < -0.39 is 0 Å². The highest BCUT2D eigenvalue weighted by Gasteiger charge is 2.20. The molecule has 28 heavy (non-hydrogen) atoms. The van der Waals surface area contributed by atoms with Gasteiger partial charge in [0.1, 0.15) is 11.6 Å². The average molecular weight is 421 g/mol. The maximum Gasteiger partial charge on any atom is 0.258 e. The van der Waals surface area contributed by atoms with Crippen molar-refractivity contribution in [2.45, 2.75) is 13.1 Å². The number of nitrogens with one attached hydrogen (secondary N) is 1. The van der Waals surface area contributed by atoms with Gasteiger partial charge in [0, 0.05) is 48.3 Å². The Bertz CT molecular complexity index is 1040. The molecule has 0 spiro atoms. The molecule has 1 saturated heterocycles. The number of halogens is 3. The van der Waals surface area contributed by atoms with E-state index >= 15 is 0 Å². The summed E-state index contributed by atoms with van der Waals surface area (Å²) in [5.74, 6) is 0.344. The van der Waals surface area contributed by atoms with Crippen LogP contribution in [-0.4, -0.2) is 45.9 Å². The van der Waals surface area contributed by atoms with E-state index in [9.17, 15) is 9.18 Å². The number of benzene rings is 2. The summed E-state index contributed by atoms with van der Waals surface area (Å²) < 4.78 is 14.0. The van der Waals surface area contributed by atoms with Crippen LogP contribution in [0.2, 0.25) is 10.0 Å². The Morgan fingerprint density at radius 3 is 2.46 bits per heavy atom. The zero-order chi connectivity index (χ0) is 19.7. The SMILES string of the molecule is O=c1[nH]c(CN2CCN(Cc3c(F)cccc3Cl)CC2)nc2cc(Cl)ccc12. The van der Waals surface area contributed by atoms with E-state index in [1.54, 1.807) is 30.3 Å². The zero-order valence-corrected chi connectivity index (χ0v) is 16.6. The monoisotopic (exact) mass is 420 g/mol. The standard InChI is InChI=1S/C20H19Cl2FN4O/c21-13-4-5-14-18(10-13)24-19(25-20(14)28)12-27-8-6-26(7-9-27)11-15-16(22)2-1-3-17(15)23/h1-5,10H,6-9,11-12H2,(H,24,25,28). The normalized spacial score (nSPS) is 16.0. The molecule has 1 aliphatic rings. The fourth-order valence-electron chi connectivity index (χ4n) is 3.46. The van der Waals surface area contributed by atoms with Crippen molar-refractivity contribution in [2.75, 3.05) is 26.2 Å². The third-order valence-corrected chi connectivity index (χ3v) is 5.59. The van der Waals surface area contributed by atoms with Crippen molar-refractivity contribution in [1.82, 2.24) is 19.8 Å². The Morgan fingerprint density at radius 1 is 1.04 bits per heavy atom. The van der Waals surface area contributed by atoms with Gasteiger partial charge in [0.05, 0.1) is 17.4 Å². The van der Waals surface area contributed by atoms with Crippen molar-refractivity contribution < 1.29 is 4.39 Å². The lowest BCUT2D eigenvalue weighted by Crippen LogP contribution is -2.45. The quantitative estimate of drug-likeness (QED) is 0.699. The van der Waals surface area contributed by atoms with Crippen LogP contribution in [0.15, 0.2) is 41.2 Å². The minimum atomic E-state index is -0.272. The van der Waals surface area contributed by atoms with Crippen LogP contribution >= 0.6 is 23.2 Å². The molecular formula is C20H19Cl2FN4O. The van der Waals surface area contributed by atoms with Gasteiger partial charge < -0.3 is 4.98 Å². The first-order valence-electron chi connectivity index (χ1n) is 9.05. The molecule has 8 heteroatoms. The molecule has 1 N–H and O–H groups in total. The van der Waals surface area contributed by atoms with E-state index in [2.05, 4.69) is 19.8 Å². The Hall–Kier alpha value is -1.99. The van der Waals surface area contributed by atoms with E-state index in [4.69, 9.17) is 23.2 Å². The Morgan fingerprint density at radius 2 is 1.75 bits per heavy atom. The first kappa shape index (κ1) is 19.3. The summed E-state index contributed by atoms with van der Waals surface area (Å²) in [5.41, 5.74) is 0.971. The van der Waals surface area contributed by atoms with Crippen molar-refractivity contribution in [3.63, 3.8) is 0 Å². The highest BCUT2D eigenvalue weighted by atomic mass is 35.5. The second kappa shape index (κ2) is 8.17. The van der Waals surface area contributed by atoms with Gasteiger partial charge in [-0.25, -0.2) is 9.37 Å². The molecule has 0 amide bonds. The smallest absolute Gasteiger partial charge is 0.258 e. The van der Waals surface area contributed by atoms with Gasteiger partial charge in [-0.15, -0.1) is 0 Å². The third kappa shape index (κ3) is 4.20. The molecule has 3 aromatic rings. The average Bonchev–Trinajstić information content (AvgIpc) is 2.66. The topological polar surface area (TPSA) is 52.2 Å². The van der Waals surface area contributed by atoms with Gasteiger partial charge >= 0.3 is 0 Å². The van der Waals surface area contributed by atoms with E-state index in [-0.39, 0.29) is 11.4 Å². The lowest BCUT2D eigenvalue weighted by atomic mass is 10.2. The van der Waals surface area contributed by atoms with Crippen molar-refractivity contribution in [2.24, 2.45) is 0 Å². The third-order valence-electron chi connectivity index (χ3n) is 5.00. The second-order valence-corrected chi connectivity index (χ2v) is 7.77. The number of hydrogen-bond donors (Lipinski definition) is 1. The lowest BCUT2D eigenvalue weighted by molar-refractivity contribution is 0.119. The lowest BCUT2D eigenvalue weighted by Gasteiger charge is -2.34. The highest BCUT2D eigenvalue weighted by molar-refractivity contribution is 6.31. The minimum Gasteiger partial charge on any atom is -0.309 e. The molecule has 4 rings (SSSR count). The molecule has 0 saturated carbocycles. The molecule has 0 bridgehead atoms. The summed E-state index contributed by atoms with van der Waals surface area (Å²) in [6.07, 6.45) is 0. The molecular weight excluding hydrogens is 402 g/mol. The zero-order valence-electron chi connectivity index (χ0n) is 15.1. The van der Waals surface area contributed by atoms with E-state index in [0.29, 0.717) is 45.4 Å². The predicted octanol–water partition coefficient (Wildman–Crippen LogP) is 3.69. The van der Waals surface area contributed by atoms with E-state index in [1.807, 2.05) is 0 Å². The number of aromatic nitrogens is 2. The summed E-state index contributed by atoms with van der Waals surface area (Å²) in [5, 5.41) is 1.54. The first-order valence-corrected chi connectivity index (χ1v) is 9.81. The van der Waals surface area contributed by atoms with Gasteiger partial charge in [0.25, 0.3) is 5.56 Å². The summed E-state index contributed by atoms with van der Waals surface area (Å²) in [7, 11) is 0. The molecule has 1 fully saturated rings. The molecule has 0 radical (unpaired) electrons. The van der Waals surface area contributed by atoms with Gasteiger partial charge in [0.15, 0.2) is 0 Å². The molecule has 0 atom stereocenters. The van der Waals surface area contributed by atoms with Crippen LogP contribution in [0.4, 0.5) is 4.39 Å². The number of nitrogens with zero attached hydrogens (tertiary/aromatic N) is 3. The van der Waals surface area contributed by atoms with Crippen molar-refractivity contribution in [3.05, 3.63) is 74.0 Å². The molecule has 0 unspecified atom stereocenters. The number of hydrogen-bond acceptors (Lipinski definition) is 4. The molecule has 2 aromatic carbocycles. The van der Waals surface area contributed by atoms with Gasteiger partial charge in [-0.3, -0.25) is 14.6 Å². The van der Waals surface area contributed by atoms with Gasteiger partial charge in [-0.05, 0) is 30.3 Å². The maximum atomic E-state index is 14.0. The molecule has 146 valence electrons. The fourth-order valence-corrected chi connectivity index (χ4v) is 3.85. The summed E-state index contributed by atoms with van der Waals surface area (Å²) >= 11 is 12.1. The molecule has 1 aliphatic heterocycles. The van der Waals surface area contributed by atoms with Gasteiger partial charge in [0.2, 0.25) is 0 Å². The maximum absolute atomic E-state index is 14.0. The summed E-state index contributed by atoms with van der Waals surface area (Å²) in [6, 6.07) is 9.83. The summed E-state index contributed by atoms with van der Waals surface area (Å²) in [4.78, 5) is 24.0. The Kier molecular flexibility index (Phi) is 5.64.